The number of aromatic nitrogens is 2. The fraction of sp³-hybridized carbons (Fsp3) is 0.588. The van der Waals surface area contributed by atoms with Crippen molar-refractivity contribution < 1.29 is 9.84 Å². The molecule has 142 valence electrons. The Hall–Kier alpha value is -1.49. The summed E-state index contributed by atoms with van der Waals surface area (Å²) in [5.74, 6) is 0.685. The average Bonchev–Trinajstić information content (AvgIpc) is 3.06. The van der Waals surface area contributed by atoms with Crippen LogP contribution in [0.1, 0.15) is 25.7 Å². The monoisotopic (exact) mass is 403 g/mol. The number of anilines is 1. The topological polar surface area (TPSA) is 105 Å². The minimum Gasteiger partial charge on any atom is -0.481 e. The number of ether oxygens (including phenoxy) is 1. The highest BCUT2D eigenvalue weighted by Gasteiger charge is 2.56. The van der Waals surface area contributed by atoms with Crippen LogP contribution in [0.2, 0.25) is 5.31 Å². The molecule has 27 heavy (non-hydrogen) atoms. The van der Waals surface area contributed by atoms with Crippen molar-refractivity contribution in [2.75, 3.05) is 19.0 Å². The molecule has 2 aromatic rings. The van der Waals surface area contributed by atoms with E-state index in [1.165, 1.54) is 11.3 Å². The highest BCUT2D eigenvalue weighted by atomic mass is 32.1. The van der Waals surface area contributed by atoms with Crippen molar-refractivity contribution in [1.82, 2.24) is 15.3 Å². The van der Waals surface area contributed by atoms with Crippen molar-refractivity contribution in [1.29, 1.82) is 0 Å². The molecule has 2 aromatic heterocycles. The Balaban J connectivity index is 1.41. The van der Waals surface area contributed by atoms with Gasteiger partial charge in [0, 0.05) is 18.7 Å². The first-order chi connectivity index (χ1) is 12.8. The number of aliphatic hydroxyl groups is 1. The number of nitrogens with zero attached hydrogens (tertiary/aromatic N) is 2. The van der Waals surface area contributed by atoms with Gasteiger partial charge in [-0.1, -0.05) is 24.2 Å². The minimum atomic E-state index is -1.06. The SMILES string of the molecule is [B]C12CCC(CC1)C(O)(CNC(=S)Nc1nc3ccc(OC)nc3s1)C2N. The Bertz CT molecular complexity index is 870. The largest absolute Gasteiger partial charge is 0.481 e. The molecule has 0 aliphatic heterocycles. The number of hydrogen-bond donors (Lipinski definition) is 4. The van der Waals surface area contributed by atoms with Crippen LogP contribution in [-0.4, -0.2) is 53.3 Å². The van der Waals surface area contributed by atoms with Gasteiger partial charge in [0.25, 0.3) is 0 Å². The van der Waals surface area contributed by atoms with Gasteiger partial charge >= 0.3 is 0 Å². The van der Waals surface area contributed by atoms with E-state index >= 15 is 0 Å². The number of nitrogens with two attached hydrogens (primary N) is 1. The molecule has 5 rings (SSSR count). The van der Waals surface area contributed by atoms with E-state index in [4.69, 9.17) is 30.5 Å². The van der Waals surface area contributed by atoms with E-state index in [2.05, 4.69) is 20.6 Å². The molecule has 5 N–H and O–H groups in total. The third kappa shape index (κ3) is 3.28. The number of nitrogens with one attached hydrogen (secondary N) is 2. The fourth-order valence-electron chi connectivity index (χ4n) is 4.30. The summed E-state index contributed by atoms with van der Waals surface area (Å²) in [7, 11) is 8.00. The van der Waals surface area contributed by atoms with Gasteiger partial charge in [0.15, 0.2) is 10.2 Å². The van der Waals surface area contributed by atoms with Crippen LogP contribution in [0.15, 0.2) is 12.1 Å². The zero-order valence-electron chi connectivity index (χ0n) is 15.1. The van der Waals surface area contributed by atoms with Crippen LogP contribution in [0.3, 0.4) is 0 Å². The van der Waals surface area contributed by atoms with Gasteiger partial charge in [-0.05, 0) is 42.4 Å². The first-order valence-electron chi connectivity index (χ1n) is 8.97. The van der Waals surface area contributed by atoms with Gasteiger partial charge in [0.05, 0.1) is 20.6 Å². The van der Waals surface area contributed by atoms with Gasteiger partial charge < -0.3 is 26.2 Å². The van der Waals surface area contributed by atoms with E-state index in [-0.39, 0.29) is 12.5 Å². The predicted molar refractivity (Wildman–Crippen MR) is 112 cm³/mol. The molecule has 2 atom stereocenters. The van der Waals surface area contributed by atoms with Gasteiger partial charge in [0.2, 0.25) is 5.88 Å². The second-order valence-electron chi connectivity index (χ2n) is 7.48. The highest BCUT2D eigenvalue weighted by Crippen LogP contribution is 2.56. The second kappa shape index (κ2) is 6.84. The van der Waals surface area contributed by atoms with Gasteiger partial charge in [-0.15, -0.1) is 0 Å². The summed E-state index contributed by atoms with van der Waals surface area (Å²) in [6.07, 6.45) is 3.53. The van der Waals surface area contributed by atoms with Crippen LogP contribution in [0.5, 0.6) is 5.88 Å². The van der Waals surface area contributed by atoms with E-state index in [1.807, 2.05) is 6.07 Å². The zero-order valence-corrected chi connectivity index (χ0v) is 16.7. The summed E-state index contributed by atoms with van der Waals surface area (Å²) in [6.45, 7) is 0.264. The summed E-state index contributed by atoms with van der Waals surface area (Å²) < 4.78 is 5.13. The van der Waals surface area contributed by atoms with E-state index < -0.39 is 17.0 Å². The summed E-state index contributed by atoms with van der Waals surface area (Å²) in [6, 6.07) is 3.15. The lowest BCUT2D eigenvalue weighted by Crippen LogP contribution is -2.68. The molecule has 7 nitrogen and oxygen atoms in total. The van der Waals surface area contributed by atoms with Crippen molar-refractivity contribution >= 4 is 52.0 Å². The van der Waals surface area contributed by atoms with E-state index in [9.17, 15) is 5.11 Å². The third-order valence-corrected chi connectivity index (χ3v) is 7.10. The maximum absolute atomic E-state index is 11.2. The van der Waals surface area contributed by atoms with Crippen molar-refractivity contribution in [3.63, 3.8) is 0 Å². The van der Waals surface area contributed by atoms with Gasteiger partial charge in [-0.3, -0.25) is 0 Å². The number of methoxy groups -OCH3 is 1. The lowest BCUT2D eigenvalue weighted by atomic mass is 9.44. The normalized spacial score (nSPS) is 32.4. The molecule has 3 aliphatic rings. The van der Waals surface area contributed by atoms with Gasteiger partial charge in [0.1, 0.15) is 10.3 Å². The first-order valence-corrected chi connectivity index (χ1v) is 10.2. The smallest absolute Gasteiger partial charge is 0.214 e. The Kier molecular flexibility index (Phi) is 4.78. The van der Waals surface area contributed by atoms with E-state index in [0.717, 1.165) is 36.0 Å². The quantitative estimate of drug-likeness (QED) is 0.451. The van der Waals surface area contributed by atoms with Crippen molar-refractivity contribution in [2.45, 2.75) is 42.6 Å². The summed E-state index contributed by atoms with van der Waals surface area (Å²) in [5.41, 5.74) is 6.05. The van der Waals surface area contributed by atoms with Crippen LogP contribution in [0.4, 0.5) is 5.13 Å². The van der Waals surface area contributed by atoms with Crippen molar-refractivity contribution in [3.8, 4) is 5.88 Å². The molecule has 2 bridgehead atoms. The van der Waals surface area contributed by atoms with E-state index in [1.54, 1.807) is 13.2 Å². The molecule has 3 fully saturated rings. The fourth-order valence-corrected chi connectivity index (χ4v) is 5.37. The van der Waals surface area contributed by atoms with Crippen LogP contribution in [0.25, 0.3) is 10.3 Å². The number of thiazole rings is 1. The Morgan fingerprint density at radius 3 is 2.89 bits per heavy atom. The summed E-state index contributed by atoms with van der Waals surface area (Å²) in [4.78, 5) is 9.57. The molecular weight excluding hydrogens is 381 g/mol. The molecule has 0 spiro atoms. The third-order valence-electron chi connectivity index (χ3n) is 5.97. The molecule has 3 saturated carbocycles. The maximum atomic E-state index is 11.2. The standard InChI is InChI=1S/C17H22BN5O2S2/c1-25-11-3-2-10-12(22-11)27-15(21-10)23-14(26)20-8-17(24)9-4-6-16(18,7-5-9)13(17)19/h2-3,9,13,24H,4-8,19H2,1H3,(H2,20,21,23,26). The number of pyridine rings is 1. The Morgan fingerprint density at radius 1 is 1.44 bits per heavy atom. The van der Waals surface area contributed by atoms with Crippen molar-refractivity contribution in [2.24, 2.45) is 11.7 Å². The number of hydrogen-bond acceptors (Lipinski definition) is 7. The molecule has 2 heterocycles. The summed E-state index contributed by atoms with van der Waals surface area (Å²) >= 11 is 6.76. The molecule has 0 amide bonds. The van der Waals surface area contributed by atoms with Crippen LogP contribution in [0, 0.1) is 5.92 Å². The molecule has 2 radical (unpaired) electrons. The molecule has 3 aliphatic carbocycles. The lowest BCUT2D eigenvalue weighted by molar-refractivity contribution is -0.104. The zero-order chi connectivity index (χ0) is 19.2. The summed E-state index contributed by atoms with van der Waals surface area (Å²) in [5, 5.41) is 17.9. The lowest BCUT2D eigenvalue weighted by Gasteiger charge is -2.59. The maximum Gasteiger partial charge on any atom is 0.214 e. The average molecular weight is 403 g/mol. The van der Waals surface area contributed by atoms with Crippen molar-refractivity contribution in [3.05, 3.63) is 12.1 Å². The predicted octanol–water partition coefficient (Wildman–Crippen LogP) is 1.58. The number of thiocarbonyl (C=S) groups is 1. The van der Waals surface area contributed by atoms with Crippen LogP contribution >= 0.6 is 23.6 Å². The van der Waals surface area contributed by atoms with Gasteiger partial charge in [-0.2, -0.15) is 0 Å². The number of fused-ring (bicyclic) bond motifs is 4. The Labute approximate surface area is 168 Å². The second-order valence-corrected chi connectivity index (χ2v) is 8.87. The molecular formula is C17H22BN5O2S2. The molecule has 2 unspecified atom stereocenters. The minimum absolute atomic E-state index is 0.146. The number of rotatable bonds is 4. The van der Waals surface area contributed by atoms with E-state index in [0.29, 0.717) is 16.1 Å². The first kappa shape index (κ1) is 18.9. The Morgan fingerprint density at radius 2 is 2.19 bits per heavy atom. The van der Waals surface area contributed by atoms with Gasteiger partial charge in [-0.25, -0.2) is 9.97 Å². The molecule has 10 heteroatoms. The molecule has 0 saturated heterocycles. The highest BCUT2D eigenvalue weighted by molar-refractivity contribution is 7.80. The van der Waals surface area contributed by atoms with Crippen LogP contribution in [-0.2, 0) is 0 Å². The van der Waals surface area contributed by atoms with Crippen LogP contribution < -0.4 is 21.1 Å². The molecule has 0 aromatic carbocycles.